The molecule has 2 aromatic carbocycles. The Kier molecular flexibility index (Phi) is 5.83. The highest BCUT2D eigenvalue weighted by Gasteiger charge is 2.44. The minimum atomic E-state index is -1.53. The zero-order valence-electron chi connectivity index (χ0n) is 17.7. The molecule has 4 rings (SSSR count). The highest BCUT2D eigenvalue weighted by atomic mass is 16.5. The Labute approximate surface area is 183 Å². The van der Waals surface area contributed by atoms with Crippen LogP contribution in [0, 0.1) is 0 Å². The van der Waals surface area contributed by atoms with Crippen LogP contribution in [0.15, 0.2) is 45.8 Å². The van der Waals surface area contributed by atoms with Crippen LogP contribution in [0.4, 0.5) is 0 Å². The molecule has 0 amide bonds. The number of ether oxygens (including phenoxy) is 3. The Morgan fingerprint density at radius 1 is 0.969 bits per heavy atom. The van der Waals surface area contributed by atoms with Gasteiger partial charge in [-0.15, -0.1) is 0 Å². The van der Waals surface area contributed by atoms with Gasteiger partial charge in [0.25, 0.3) is 0 Å². The van der Waals surface area contributed by atoms with Crippen LogP contribution in [0.5, 0.6) is 17.2 Å². The van der Waals surface area contributed by atoms with Crippen LogP contribution < -0.4 is 14.9 Å². The summed E-state index contributed by atoms with van der Waals surface area (Å²) >= 11 is 0. The van der Waals surface area contributed by atoms with Crippen LogP contribution in [0.1, 0.15) is 18.6 Å². The van der Waals surface area contributed by atoms with Gasteiger partial charge in [0.15, 0.2) is 5.58 Å². The minimum absolute atomic E-state index is 0.0519. The third-order valence-electron chi connectivity index (χ3n) is 5.79. The molecular formula is C23H24O9. The van der Waals surface area contributed by atoms with E-state index in [9.17, 15) is 25.2 Å². The standard InChI is InChI=1S/C23H24O9/c1-10-18(25)20(27)21(28)23(32-10)17-15(30-3)8-14(24)16-19(26)13(9-31-22(16)17)11-4-6-12(29-2)7-5-11/h4-10,18,20-21,23-25,27-28H,1-3H3. The number of benzene rings is 2. The Morgan fingerprint density at radius 2 is 1.66 bits per heavy atom. The lowest BCUT2D eigenvalue weighted by atomic mass is 9.90. The van der Waals surface area contributed by atoms with Crippen molar-refractivity contribution in [3.8, 4) is 28.4 Å². The number of phenolic OH excluding ortho intramolecular Hbond substituents is 1. The van der Waals surface area contributed by atoms with Crippen molar-refractivity contribution in [1.29, 1.82) is 0 Å². The van der Waals surface area contributed by atoms with Crippen LogP contribution >= 0.6 is 0 Å². The maximum absolute atomic E-state index is 13.3. The van der Waals surface area contributed by atoms with Crippen molar-refractivity contribution in [1.82, 2.24) is 0 Å². The molecule has 9 nitrogen and oxygen atoms in total. The molecule has 2 heterocycles. The summed E-state index contributed by atoms with van der Waals surface area (Å²) < 4.78 is 22.0. The summed E-state index contributed by atoms with van der Waals surface area (Å²) in [6.45, 7) is 1.54. The van der Waals surface area contributed by atoms with Crippen molar-refractivity contribution in [2.24, 2.45) is 0 Å². The average molecular weight is 444 g/mol. The van der Waals surface area contributed by atoms with Crippen molar-refractivity contribution < 1.29 is 39.1 Å². The number of fused-ring (bicyclic) bond motifs is 1. The fourth-order valence-corrected chi connectivity index (χ4v) is 3.98. The number of aliphatic hydroxyl groups excluding tert-OH is 3. The monoisotopic (exact) mass is 444 g/mol. The van der Waals surface area contributed by atoms with E-state index in [4.69, 9.17) is 18.6 Å². The topological polar surface area (TPSA) is 139 Å². The third-order valence-corrected chi connectivity index (χ3v) is 5.79. The lowest BCUT2D eigenvalue weighted by Gasteiger charge is -2.39. The van der Waals surface area contributed by atoms with Gasteiger partial charge in [0, 0.05) is 6.07 Å². The molecule has 0 aliphatic carbocycles. The van der Waals surface area contributed by atoms with E-state index in [1.54, 1.807) is 31.2 Å². The van der Waals surface area contributed by atoms with E-state index in [1.807, 2.05) is 0 Å². The van der Waals surface area contributed by atoms with Crippen molar-refractivity contribution in [3.05, 3.63) is 52.4 Å². The van der Waals surface area contributed by atoms with Gasteiger partial charge in [-0.2, -0.15) is 0 Å². The maximum Gasteiger partial charge on any atom is 0.204 e. The molecule has 9 heteroatoms. The van der Waals surface area contributed by atoms with E-state index in [0.717, 1.165) is 0 Å². The minimum Gasteiger partial charge on any atom is -0.507 e. The summed E-state index contributed by atoms with van der Waals surface area (Å²) in [6.07, 6.45) is -5.09. The van der Waals surface area contributed by atoms with E-state index < -0.39 is 35.9 Å². The van der Waals surface area contributed by atoms with Crippen molar-refractivity contribution in [2.45, 2.75) is 37.4 Å². The second-order valence-electron chi connectivity index (χ2n) is 7.66. The van der Waals surface area contributed by atoms with Crippen molar-refractivity contribution >= 4 is 11.0 Å². The number of rotatable bonds is 4. The fourth-order valence-electron chi connectivity index (χ4n) is 3.98. The number of aliphatic hydroxyl groups is 3. The first-order valence-electron chi connectivity index (χ1n) is 9.98. The number of aromatic hydroxyl groups is 1. The van der Waals surface area contributed by atoms with Crippen LogP contribution in [0.3, 0.4) is 0 Å². The lowest BCUT2D eigenvalue weighted by molar-refractivity contribution is -0.219. The van der Waals surface area contributed by atoms with E-state index in [0.29, 0.717) is 11.3 Å². The molecule has 0 spiro atoms. The van der Waals surface area contributed by atoms with E-state index in [1.165, 1.54) is 26.5 Å². The maximum atomic E-state index is 13.3. The molecule has 3 aromatic rings. The van der Waals surface area contributed by atoms with Crippen LogP contribution in [0.25, 0.3) is 22.1 Å². The molecule has 4 N–H and O–H groups in total. The van der Waals surface area contributed by atoms with Crippen molar-refractivity contribution in [3.63, 3.8) is 0 Å². The number of phenols is 1. The van der Waals surface area contributed by atoms with Gasteiger partial charge in [0.1, 0.15) is 53.3 Å². The number of hydrogen-bond acceptors (Lipinski definition) is 9. The predicted octanol–water partition coefficient (Wildman–Crippen LogP) is 1.73. The lowest BCUT2D eigenvalue weighted by Crippen LogP contribution is -2.53. The smallest absolute Gasteiger partial charge is 0.204 e. The van der Waals surface area contributed by atoms with Crippen molar-refractivity contribution in [2.75, 3.05) is 14.2 Å². The Balaban J connectivity index is 1.93. The fraction of sp³-hybridized carbons (Fsp3) is 0.348. The Morgan fingerprint density at radius 3 is 2.28 bits per heavy atom. The van der Waals surface area contributed by atoms with Gasteiger partial charge in [-0.25, -0.2) is 0 Å². The zero-order chi connectivity index (χ0) is 23.2. The van der Waals surface area contributed by atoms with Gasteiger partial charge in [-0.1, -0.05) is 12.1 Å². The molecule has 0 bridgehead atoms. The molecule has 1 aliphatic rings. The van der Waals surface area contributed by atoms with Gasteiger partial charge < -0.3 is 39.1 Å². The van der Waals surface area contributed by atoms with E-state index >= 15 is 0 Å². The van der Waals surface area contributed by atoms with Crippen LogP contribution in [-0.4, -0.2) is 59.1 Å². The molecule has 1 saturated heterocycles. The largest absolute Gasteiger partial charge is 0.507 e. The summed E-state index contributed by atoms with van der Waals surface area (Å²) in [5.74, 6) is 0.339. The molecule has 5 unspecified atom stereocenters. The normalized spacial score (nSPS) is 25.6. The highest BCUT2D eigenvalue weighted by molar-refractivity contribution is 5.91. The summed E-state index contributed by atoms with van der Waals surface area (Å²) in [7, 11) is 2.88. The number of hydrogen-bond donors (Lipinski definition) is 4. The summed E-state index contributed by atoms with van der Waals surface area (Å²) in [5, 5.41) is 41.3. The molecule has 5 atom stereocenters. The van der Waals surface area contributed by atoms with Crippen LogP contribution in [0.2, 0.25) is 0 Å². The predicted molar refractivity (Wildman–Crippen MR) is 114 cm³/mol. The highest BCUT2D eigenvalue weighted by Crippen LogP contribution is 2.43. The average Bonchev–Trinajstić information content (AvgIpc) is 2.80. The first kappa shape index (κ1) is 22.1. The number of methoxy groups -OCH3 is 2. The molecule has 1 aliphatic heterocycles. The third kappa shape index (κ3) is 3.49. The summed E-state index contributed by atoms with van der Waals surface area (Å²) in [6, 6.07) is 7.99. The van der Waals surface area contributed by atoms with Gasteiger partial charge >= 0.3 is 0 Å². The van der Waals surface area contributed by atoms with Gasteiger partial charge in [-0.05, 0) is 24.6 Å². The van der Waals surface area contributed by atoms with E-state index in [-0.39, 0.29) is 33.6 Å². The SMILES string of the molecule is COc1ccc(-c2coc3c(C4OC(C)C(O)C(O)C4O)c(OC)cc(O)c3c2=O)cc1. The quantitative estimate of drug-likeness (QED) is 0.474. The first-order valence-corrected chi connectivity index (χ1v) is 9.98. The summed E-state index contributed by atoms with van der Waals surface area (Å²) in [4.78, 5) is 13.3. The summed E-state index contributed by atoms with van der Waals surface area (Å²) in [5.41, 5.74) is 0.351. The Hall–Kier alpha value is -3.11. The molecule has 170 valence electrons. The molecule has 0 saturated carbocycles. The van der Waals surface area contributed by atoms with Gasteiger partial charge in [-0.3, -0.25) is 4.79 Å². The molecular weight excluding hydrogens is 420 g/mol. The second kappa shape index (κ2) is 8.44. The van der Waals surface area contributed by atoms with Gasteiger partial charge in [0.05, 0.1) is 31.5 Å². The second-order valence-corrected chi connectivity index (χ2v) is 7.66. The van der Waals surface area contributed by atoms with E-state index in [2.05, 4.69) is 0 Å². The van der Waals surface area contributed by atoms with Crippen LogP contribution in [-0.2, 0) is 4.74 Å². The molecule has 1 fully saturated rings. The Bertz CT molecular complexity index is 1180. The first-order chi connectivity index (χ1) is 15.3. The molecule has 32 heavy (non-hydrogen) atoms. The zero-order valence-corrected chi connectivity index (χ0v) is 17.7. The molecule has 1 aromatic heterocycles. The van der Waals surface area contributed by atoms with Gasteiger partial charge in [0.2, 0.25) is 5.43 Å². The molecule has 0 radical (unpaired) electrons.